The van der Waals surface area contributed by atoms with Crippen LogP contribution in [0.1, 0.15) is 56.3 Å². The first-order valence-corrected chi connectivity index (χ1v) is 11.0. The van der Waals surface area contributed by atoms with E-state index in [-0.39, 0.29) is 17.9 Å². The molecule has 5 nitrogen and oxygen atoms in total. The molecule has 0 spiro atoms. The first-order chi connectivity index (χ1) is 13.6. The summed E-state index contributed by atoms with van der Waals surface area (Å²) in [5.41, 5.74) is 0.745. The molecule has 2 fully saturated rings. The average Bonchev–Trinajstić information content (AvgIpc) is 3.27. The summed E-state index contributed by atoms with van der Waals surface area (Å²) in [4.78, 5) is 30.0. The Morgan fingerprint density at radius 2 is 1.71 bits per heavy atom. The Morgan fingerprint density at radius 3 is 2.32 bits per heavy atom. The van der Waals surface area contributed by atoms with Crippen LogP contribution in [0.25, 0.3) is 0 Å². The third kappa shape index (κ3) is 5.13. The molecule has 1 aliphatic carbocycles. The minimum absolute atomic E-state index is 0.0412. The van der Waals surface area contributed by atoms with E-state index in [1.54, 1.807) is 0 Å². The van der Waals surface area contributed by atoms with Crippen LogP contribution in [-0.2, 0) is 4.79 Å². The lowest BCUT2D eigenvalue weighted by molar-refractivity contribution is -0.129. The fourth-order valence-electron chi connectivity index (χ4n) is 4.44. The summed E-state index contributed by atoms with van der Waals surface area (Å²) in [6.45, 7) is 8.02. The second-order valence-electron chi connectivity index (χ2n) is 8.44. The van der Waals surface area contributed by atoms with Gasteiger partial charge in [0.05, 0.1) is 6.04 Å². The molecule has 1 N–H and O–H groups in total. The van der Waals surface area contributed by atoms with Crippen molar-refractivity contribution >= 4 is 11.8 Å². The summed E-state index contributed by atoms with van der Waals surface area (Å²) >= 11 is 0. The zero-order valence-electron chi connectivity index (χ0n) is 17.4. The average molecular weight is 386 g/mol. The Labute approximate surface area is 169 Å². The van der Waals surface area contributed by atoms with Crippen LogP contribution in [0.5, 0.6) is 0 Å². The molecule has 0 bridgehead atoms. The molecular weight excluding hydrogens is 350 g/mol. The topological polar surface area (TPSA) is 52.7 Å². The monoisotopic (exact) mass is 385 g/mol. The molecule has 154 valence electrons. The Hall–Kier alpha value is -1.88. The highest BCUT2D eigenvalue weighted by molar-refractivity contribution is 5.94. The molecule has 2 amide bonds. The third-order valence-electron chi connectivity index (χ3n) is 6.45. The summed E-state index contributed by atoms with van der Waals surface area (Å²) in [7, 11) is 0. The Morgan fingerprint density at radius 1 is 1.07 bits per heavy atom. The van der Waals surface area contributed by atoms with Gasteiger partial charge in [-0.1, -0.05) is 51.3 Å². The summed E-state index contributed by atoms with van der Waals surface area (Å²) in [5, 5.41) is 3.21. The van der Waals surface area contributed by atoms with Gasteiger partial charge in [0.2, 0.25) is 5.91 Å². The maximum absolute atomic E-state index is 13.1. The second kappa shape index (κ2) is 10.1. The van der Waals surface area contributed by atoms with Crippen molar-refractivity contribution in [3.05, 3.63) is 35.9 Å². The number of carbonyl (C=O) groups excluding carboxylic acids is 2. The van der Waals surface area contributed by atoms with Gasteiger partial charge in [-0.25, -0.2) is 0 Å². The van der Waals surface area contributed by atoms with Crippen LogP contribution in [0.15, 0.2) is 30.3 Å². The molecule has 1 aliphatic heterocycles. The van der Waals surface area contributed by atoms with E-state index in [0.717, 1.165) is 44.5 Å². The summed E-state index contributed by atoms with van der Waals surface area (Å²) in [6.07, 6.45) is 5.82. The van der Waals surface area contributed by atoms with E-state index in [1.165, 1.54) is 12.8 Å². The van der Waals surface area contributed by atoms with Crippen molar-refractivity contribution in [2.24, 2.45) is 11.8 Å². The fraction of sp³-hybridized carbons (Fsp3) is 0.652. The molecule has 5 heteroatoms. The molecule has 0 aromatic heterocycles. The summed E-state index contributed by atoms with van der Waals surface area (Å²) < 4.78 is 0. The Balaban J connectivity index is 1.60. The van der Waals surface area contributed by atoms with Crippen molar-refractivity contribution in [1.82, 2.24) is 15.1 Å². The molecule has 0 unspecified atom stereocenters. The van der Waals surface area contributed by atoms with Gasteiger partial charge in [-0.15, -0.1) is 0 Å². The van der Waals surface area contributed by atoms with Crippen molar-refractivity contribution in [3.63, 3.8) is 0 Å². The van der Waals surface area contributed by atoms with Crippen LogP contribution in [0.3, 0.4) is 0 Å². The number of hydrogen-bond donors (Lipinski definition) is 1. The number of nitrogens with one attached hydrogen (secondary N) is 1. The zero-order chi connectivity index (χ0) is 19.9. The SMILES string of the molecule is CC[C@H](C)CNC(=O)[C@@H](C1CCCC1)N1CCN(C(=O)c2ccccc2)CC1. The van der Waals surface area contributed by atoms with E-state index < -0.39 is 0 Å². The maximum Gasteiger partial charge on any atom is 0.253 e. The largest absolute Gasteiger partial charge is 0.354 e. The highest BCUT2D eigenvalue weighted by Gasteiger charge is 2.37. The molecule has 1 heterocycles. The highest BCUT2D eigenvalue weighted by Crippen LogP contribution is 2.31. The van der Waals surface area contributed by atoms with Gasteiger partial charge in [0, 0.05) is 38.3 Å². The van der Waals surface area contributed by atoms with Crippen LogP contribution < -0.4 is 5.32 Å². The summed E-state index contributed by atoms with van der Waals surface area (Å²) in [5.74, 6) is 1.25. The predicted molar refractivity (Wildman–Crippen MR) is 112 cm³/mol. The van der Waals surface area contributed by atoms with Gasteiger partial charge in [-0.3, -0.25) is 14.5 Å². The van der Waals surface area contributed by atoms with Crippen LogP contribution >= 0.6 is 0 Å². The van der Waals surface area contributed by atoms with Crippen molar-refractivity contribution in [2.45, 2.75) is 52.0 Å². The molecule has 1 saturated heterocycles. The fourth-order valence-corrected chi connectivity index (χ4v) is 4.44. The van der Waals surface area contributed by atoms with Gasteiger partial charge in [0.1, 0.15) is 0 Å². The maximum atomic E-state index is 13.1. The standard InChI is InChI=1S/C23H35N3O2/c1-3-18(2)17-24-22(27)21(19-9-7-8-10-19)25-13-15-26(16-14-25)23(28)20-11-5-4-6-12-20/h4-6,11-12,18-19,21H,3,7-10,13-17H2,1-2H3,(H,24,27)/t18-,21+/m0/s1. The molecule has 1 aromatic rings. The van der Waals surface area contributed by atoms with E-state index >= 15 is 0 Å². The molecule has 2 aliphatic rings. The van der Waals surface area contributed by atoms with Crippen LogP contribution in [-0.4, -0.2) is 60.4 Å². The van der Waals surface area contributed by atoms with Gasteiger partial charge in [-0.05, 0) is 36.8 Å². The zero-order valence-corrected chi connectivity index (χ0v) is 17.4. The molecule has 28 heavy (non-hydrogen) atoms. The first-order valence-electron chi connectivity index (χ1n) is 11.0. The quantitative estimate of drug-likeness (QED) is 0.784. The van der Waals surface area contributed by atoms with Crippen molar-refractivity contribution < 1.29 is 9.59 Å². The molecule has 1 saturated carbocycles. The minimum Gasteiger partial charge on any atom is -0.354 e. The van der Waals surface area contributed by atoms with Gasteiger partial charge in [-0.2, -0.15) is 0 Å². The van der Waals surface area contributed by atoms with E-state index in [0.29, 0.717) is 24.9 Å². The van der Waals surface area contributed by atoms with E-state index in [9.17, 15) is 9.59 Å². The summed E-state index contributed by atoms with van der Waals surface area (Å²) in [6, 6.07) is 9.44. The molecule has 3 rings (SSSR count). The van der Waals surface area contributed by atoms with Gasteiger partial charge in [0.15, 0.2) is 0 Å². The van der Waals surface area contributed by atoms with Gasteiger partial charge < -0.3 is 10.2 Å². The number of carbonyl (C=O) groups is 2. The molecule has 2 atom stereocenters. The lowest BCUT2D eigenvalue weighted by atomic mass is 9.94. The first kappa shape index (κ1) is 20.8. The van der Waals surface area contributed by atoms with E-state index in [4.69, 9.17) is 0 Å². The van der Waals surface area contributed by atoms with Crippen molar-refractivity contribution in [3.8, 4) is 0 Å². The van der Waals surface area contributed by atoms with Crippen LogP contribution in [0.4, 0.5) is 0 Å². The molecular formula is C23H35N3O2. The lowest BCUT2D eigenvalue weighted by Crippen LogP contribution is -2.58. The van der Waals surface area contributed by atoms with Gasteiger partial charge >= 0.3 is 0 Å². The number of hydrogen-bond acceptors (Lipinski definition) is 3. The van der Waals surface area contributed by atoms with E-state index in [2.05, 4.69) is 24.1 Å². The van der Waals surface area contributed by atoms with Crippen LogP contribution in [0, 0.1) is 11.8 Å². The lowest BCUT2D eigenvalue weighted by Gasteiger charge is -2.41. The Kier molecular flexibility index (Phi) is 7.49. The highest BCUT2D eigenvalue weighted by atomic mass is 16.2. The second-order valence-corrected chi connectivity index (χ2v) is 8.44. The minimum atomic E-state index is -0.0412. The molecule has 1 aromatic carbocycles. The van der Waals surface area contributed by atoms with Crippen LogP contribution in [0.2, 0.25) is 0 Å². The van der Waals surface area contributed by atoms with Crippen molar-refractivity contribution in [2.75, 3.05) is 32.7 Å². The number of nitrogens with zero attached hydrogens (tertiary/aromatic N) is 2. The van der Waals surface area contributed by atoms with Gasteiger partial charge in [0.25, 0.3) is 5.91 Å². The van der Waals surface area contributed by atoms with E-state index in [1.807, 2.05) is 35.2 Å². The normalized spacial score (nSPS) is 20.7. The molecule has 0 radical (unpaired) electrons. The van der Waals surface area contributed by atoms with Crippen molar-refractivity contribution in [1.29, 1.82) is 0 Å². The predicted octanol–water partition coefficient (Wildman–Crippen LogP) is 3.17. The number of benzene rings is 1. The third-order valence-corrected chi connectivity index (χ3v) is 6.45. The number of rotatable bonds is 7. The Bertz CT molecular complexity index is 635. The smallest absolute Gasteiger partial charge is 0.253 e. The number of piperazine rings is 1. The number of amides is 2.